The number of carbonyl (C=O) groups is 1. The van der Waals surface area contributed by atoms with Gasteiger partial charge in [0.1, 0.15) is 0 Å². The minimum absolute atomic E-state index is 0.0949. The quantitative estimate of drug-likeness (QED) is 0.681. The Hall–Kier alpha value is -0.810. The van der Waals surface area contributed by atoms with Crippen molar-refractivity contribution in [2.24, 2.45) is 0 Å². The summed E-state index contributed by atoms with van der Waals surface area (Å²) >= 11 is 0. The van der Waals surface area contributed by atoms with E-state index < -0.39 is 0 Å². The molecule has 1 amide bonds. The molecule has 0 saturated carbocycles. The molecule has 5 nitrogen and oxygen atoms in total. The van der Waals surface area contributed by atoms with E-state index in [4.69, 9.17) is 9.47 Å². The SMILES string of the molecule is CCCCOC(=O)N1CCOC(CN(C)C)C1. The zero-order valence-electron chi connectivity index (χ0n) is 11.1. The van der Waals surface area contributed by atoms with Gasteiger partial charge >= 0.3 is 6.09 Å². The Kier molecular flexibility index (Phi) is 6.29. The van der Waals surface area contributed by atoms with Crippen molar-refractivity contribution in [2.45, 2.75) is 25.9 Å². The van der Waals surface area contributed by atoms with E-state index >= 15 is 0 Å². The average Bonchev–Trinajstić information content (AvgIpc) is 2.28. The second-order valence-corrected chi connectivity index (χ2v) is 4.67. The Balaban J connectivity index is 2.30. The molecule has 1 aliphatic heterocycles. The smallest absolute Gasteiger partial charge is 0.409 e. The van der Waals surface area contributed by atoms with Gasteiger partial charge in [0.2, 0.25) is 0 Å². The zero-order chi connectivity index (χ0) is 12.7. The van der Waals surface area contributed by atoms with Gasteiger partial charge < -0.3 is 19.3 Å². The molecule has 1 aliphatic rings. The number of hydrogen-bond acceptors (Lipinski definition) is 4. The minimum atomic E-state index is -0.203. The van der Waals surface area contributed by atoms with Gasteiger partial charge in [-0.3, -0.25) is 0 Å². The second kappa shape index (κ2) is 7.50. The van der Waals surface area contributed by atoms with Crippen molar-refractivity contribution in [3.05, 3.63) is 0 Å². The zero-order valence-corrected chi connectivity index (χ0v) is 11.1. The lowest BCUT2D eigenvalue weighted by molar-refractivity contribution is -0.0360. The van der Waals surface area contributed by atoms with E-state index in [1.54, 1.807) is 4.90 Å². The predicted octanol–water partition coefficient (Wildman–Crippen LogP) is 1.19. The van der Waals surface area contributed by atoms with Crippen LogP contribution in [0.25, 0.3) is 0 Å². The lowest BCUT2D eigenvalue weighted by Gasteiger charge is -2.33. The summed E-state index contributed by atoms with van der Waals surface area (Å²) in [6.45, 7) is 5.29. The minimum Gasteiger partial charge on any atom is -0.449 e. The van der Waals surface area contributed by atoms with Crippen LogP contribution in [0.2, 0.25) is 0 Å². The molecule has 0 spiro atoms. The molecule has 0 aromatic rings. The van der Waals surface area contributed by atoms with Gasteiger partial charge in [0.15, 0.2) is 0 Å². The van der Waals surface area contributed by atoms with Crippen molar-refractivity contribution in [3.63, 3.8) is 0 Å². The molecular weight excluding hydrogens is 220 g/mol. The van der Waals surface area contributed by atoms with Crippen LogP contribution in [0.4, 0.5) is 4.79 Å². The number of rotatable bonds is 5. The van der Waals surface area contributed by atoms with E-state index in [0.717, 1.165) is 19.4 Å². The van der Waals surface area contributed by atoms with Crippen LogP contribution >= 0.6 is 0 Å². The lowest BCUT2D eigenvalue weighted by atomic mass is 10.2. The first-order valence-electron chi connectivity index (χ1n) is 6.31. The Morgan fingerprint density at radius 3 is 2.94 bits per heavy atom. The summed E-state index contributed by atoms with van der Waals surface area (Å²) in [5.41, 5.74) is 0. The number of likely N-dealkylation sites (N-methyl/N-ethyl adjacent to an activating group) is 1. The number of carbonyl (C=O) groups excluding carboxylic acids is 1. The normalized spacial score (nSPS) is 20.7. The van der Waals surface area contributed by atoms with Gasteiger partial charge in [0.05, 0.1) is 25.9 Å². The fourth-order valence-electron chi connectivity index (χ4n) is 1.80. The number of nitrogens with zero attached hydrogens (tertiary/aromatic N) is 2. The highest BCUT2D eigenvalue weighted by molar-refractivity contribution is 5.67. The Bertz CT molecular complexity index is 234. The molecule has 1 saturated heterocycles. The topological polar surface area (TPSA) is 42.0 Å². The largest absolute Gasteiger partial charge is 0.449 e. The molecule has 0 N–H and O–H groups in total. The molecule has 0 bridgehead atoms. The highest BCUT2D eigenvalue weighted by Crippen LogP contribution is 2.08. The van der Waals surface area contributed by atoms with Gasteiger partial charge in [0.25, 0.3) is 0 Å². The second-order valence-electron chi connectivity index (χ2n) is 4.67. The third-order valence-electron chi connectivity index (χ3n) is 2.69. The molecule has 0 aromatic heterocycles. The fourth-order valence-corrected chi connectivity index (χ4v) is 1.80. The van der Waals surface area contributed by atoms with Crippen molar-refractivity contribution in [1.82, 2.24) is 9.80 Å². The first-order chi connectivity index (χ1) is 8.13. The number of unbranched alkanes of at least 4 members (excludes halogenated alkanes) is 1. The highest BCUT2D eigenvalue weighted by atomic mass is 16.6. The van der Waals surface area contributed by atoms with E-state index in [9.17, 15) is 4.79 Å². The van der Waals surface area contributed by atoms with E-state index in [2.05, 4.69) is 11.8 Å². The summed E-state index contributed by atoms with van der Waals surface area (Å²) in [5.74, 6) is 0. The van der Waals surface area contributed by atoms with Crippen LogP contribution in [0.3, 0.4) is 0 Å². The Morgan fingerprint density at radius 1 is 1.53 bits per heavy atom. The third kappa shape index (κ3) is 5.37. The standard InChI is InChI=1S/C12H24N2O3/c1-4-5-7-17-12(15)14-6-8-16-11(10-14)9-13(2)3/h11H,4-10H2,1-3H3. The van der Waals surface area contributed by atoms with Gasteiger partial charge in [0, 0.05) is 13.1 Å². The molecule has 1 heterocycles. The molecule has 0 aromatic carbocycles. The van der Waals surface area contributed by atoms with E-state index in [0.29, 0.717) is 26.3 Å². The molecular formula is C12H24N2O3. The van der Waals surface area contributed by atoms with E-state index in [1.165, 1.54) is 0 Å². The van der Waals surface area contributed by atoms with Gasteiger partial charge in [-0.25, -0.2) is 4.79 Å². The first kappa shape index (κ1) is 14.3. The lowest BCUT2D eigenvalue weighted by Crippen LogP contribution is -2.48. The van der Waals surface area contributed by atoms with Crippen molar-refractivity contribution < 1.29 is 14.3 Å². The maximum absolute atomic E-state index is 11.7. The van der Waals surface area contributed by atoms with Crippen LogP contribution in [-0.4, -0.2) is 68.9 Å². The molecule has 1 atom stereocenters. The fraction of sp³-hybridized carbons (Fsp3) is 0.917. The van der Waals surface area contributed by atoms with Crippen LogP contribution in [0.5, 0.6) is 0 Å². The number of amides is 1. The summed E-state index contributed by atoms with van der Waals surface area (Å²) in [6.07, 6.45) is 1.86. The van der Waals surface area contributed by atoms with Gasteiger partial charge in [-0.05, 0) is 20.5 Å². The van der Waals surface area contributed by atoms with Gasteiger partial charge in [-0.1, -0.05) is 13.3 Å². The first-order valence-corrected chi connectivity index (χ1v) is 6.31. The number of morpholine rings is 1. The molecule has 1 fully saturated rings. The Morgan fingerprint density at radius 2 is 2.29 bits per heavy atom. The van der Waals surface area contributed by atoms with E-state index in [1.807, 2.05) is 14.1 Å². The number of ether oxygens (including phenoxy) is 2. The van der Waals surface area contributed by atoms with Crippen molar-refractivity contribution in [3.8, 4) is 0 Å². The molecule has 1 unspecified atom stereocenters. The molecule has 100 valence electrons. The average molecular weight is 244 g/mol. The monoisotopic (exact) mass is 244 g/mol. The third-order valence-corrected chi connectivity index (χ3v) is 2.69. The van der Waals surface area contributed by atoms with E-state index in [-0.39, 0.29) is 12.2 Å². The van der Waals surface area contributed by atoms with Crippen molar-refractivity contribution in [1.29, 1.82) is 0 Å². The van der Waals surface area contributed by atoms with Crippen LogP contribution < -0.4 is 0 Å². The summed E-state index contributed by atoms with van der Waals surface area (Å²) < 4.78 is 10.8. The van der Waals surface area contributed by atoms with Crippen molar-refractivity contribution >= 4 is 6.09 Å². The van der Waals surface area contributed by atoms with Gasteiger partial charge in [-0.2, -0.15) is 0 Å². The van der Waals surface area contributed by atoms with Crippen LogP contribution in [0, 0.1) is 0 Å². The summed E-state index contributed by atoms with van der Waals surface area (Å²) in [6, 6.07) is 0. The molecule has 0 radical (unpaired) electrons. The van der Waals surface area contributed by atoms with Crippen LogP contribution in [0.15, 0.2) is 0 Å². The summed E-state index contributed by atoms with van der Waals surface area (Å²) in [7, 11) is 4.00. The van der Waals surface area contributed by atoms with Crippen LogP contribution in [0.1, 0.15) is 19.8 Å². The maximum atomic E-state index is 11.7. The number of hydrogen-bond donors (Lipinski definition) is 0. The van der Waals surface area contributed by atoms with Gasteiger partial charge in [-0.15, -0.1) is 0 Å². The molecule has 0 aliphatic carbocycles. The maximum Gasteiger partial charge on any atom is 0.409 e. The Labute approximate surface area is 104 Å². The predicted molar refractivity (Wildman–Crippen MR) is 66.1 cm³/mol. The van der Waals surface area contributed by atoms with Crippen LogP contribution in [-0.2, 0) is 9.47 Å². The molecule has 5 heteroatoms. The van der Waals surface area contributed by atoms with Crippen molar-refractivity contribution in [2.75, 3.05) is 46.9 Å². The molecule has 1 rings (SSSR count). The molecule has 17 heavy (non-hydrogen) atoms. The summed E-state index contributed by atoms with van der Waals surface area (Å²) in [4.78, 5) is 15.5. The summed E-state index contributed by atoms with van der Waals surface area (Å²) in [5, 5.41) is 0. The highest BCUT2D eigenvalue weighted by Gasteiger charge is 2.25.